The molecule has 2 amide bonds. The van der Waals surface area contributed by atoms with Crippen LogP contribution in [0.3, 0.4) is 0 Å². The van der Waals surface area contributed by atoms with Gasteiger partial charge in [0.2, 0.25) is 24.4 Å². The number of fused-ring (bicyclic) bond motifs is 5. The Kier molecular flexibility index (Phi) is 15.4. The van der Waals surface area contributed by atoms with Crippen molar-refractivity contribution in [2.45, 2.75) is 123 Å². The van der Waals surface area contributed by atoms with Gasteiger partial charge in [0.25, 0.3) is 0 Å². The van der Waals surface area contributed by atoms with Crippen LogP contribution in [-0.4, -0.2) is 93.7 Å². The summed E-state index contributed by atoms with van der Waals surface area (Å²) in [5.74, 6) is 0.617. The van der Waals surface area contributed by atoms with E-state index in [1.807, 2.05) is 32.0 Å². The van der Waals surface area contributed by atoms with Crippen molar-refractivity contribution in [1.82, 2.24) is 0 Å². The number of ether oxygens (including phenoxy) is 6. The van der Waals surface area contributed by atoms with Crippen LogP contribution in [0.1, 0.15) is 65.2 Å². The third-order valence-electron chi connectivity index (χ3n) is 12.8. The van der Waals surface area contributed by atoms with Gasteiger partial charge >= 0.3 is 11.3 Å². The Morgan fingerprint density at radius 1 is 0.634 bits per heavy atom. The molecule has 71 heavy (non-hydrogen) atoms. The van der Waals surface area contributed by atoms with E-state index in [1.165, 1.54) is 49.8 Å². The Bertz CT molecular complexity index is 3010. The van der Waals surface area contributed by atoms with E-state index in [1.54, 1.807) is 58.9 Å². The number of hydrogen-bond donors (Lipinski definition) is 6. The van der Waals surface area contributed by atoms with Gasteiger partial charge in [0.15, 0.2) is 0 Å². The Balaban J connectivity index is 0.000000165. The molecule has 4 aromatic carbocycles. The number of nitrogens with one attached hydrogen (secondary N) is 2. The van der Waals surface area contributed by atoms with Gasteiger partial charge in [-0.1, -0.05) is 49.4 Å². The highest BCUT2D eigenvalue weighted by Gasteiger charge is 2.51. The third kappa shape index (κ3) is 11.1. The number of amides is 2. The summed E-state index contributed by atoms with van der Waals surface area (Å²) in [6, 6.07) is 26.2. The Morgan fingerprint density at radius 3 is 1.61 bits per heavy atom. The van der Waals surface area contributed by atoms with E-state index < -0.39 is 65.6 Å². The zero-order valence-electron chi connectivity index (χ0n) is 41.1. The SMILES string of the molecule is CC(=O)Nc1cc2ccc(OC3OC(C)(C)[C@H](C)[C@H](O)[C@@H]3O)c(C)c2oc1=O.CO[C@@H]1[C@H](O)[C@H](O)C(Oc2ccc3cc(NC(C)=O)c(=O)oc3c2C)OC1(C)C.c1ccc2c(c1)COc1ccccc1-2. The van der Waals surface area contributed by atoms with E-state index in [4.69, 9.17) is 37.3 Å². The number of carbonyl (C=O) groups is 2. The predicted octanol–water partition coefficient (Wildman–Crippen LogP) is 6.49. The average molecular weight is 981 g/mol. The van der Waals surface area contributed by atoms with Crippen LogP contribution >= 0.6 is 0 Å². The lowest BCUT2D eigenvalue weighted by Gasteiger charge is -2.46. The summed E-state index contributed by atoms with van der Waals surface area (Å²) in [6.45, 7) is 15.6. The second-order valence-electron chi connectivity index (χ2n) is 18.7. The number of benzene rings is 4. The van der Waals surface area contributed by atoms with Crippen molar-refractivity contribution in [3.05, 3.63) is 122 Å². The molecule has 9 rings (SSSR count). The second-order valence-corrected chi connectivity index (χ2v) is 18.7. The molecule has 0 aliphatic carbocycles. The number of aliphatic hydroxyl groups is 4. The quantitative estimate of drug-likeness (QED) is 0.0935. The summed E-state index contributed by atoms with van der Waals surface area (Å²) in [5, 5.41) is 47.5. The molecule has 2 unspecified atom stereocenters. The topological polar surface area (TPSA) is 255 Å². The van der Waals surface area contributed by atoms with Crippen molar-refractivity contribution in [2.75, 3.05) is 17.7 Å². The van der Waals surface area contributed by atoms with Gasteiger partial charge in [-0.25, -0.2) is 9.59 Å². The average Bonchev–Trinajstić information content (AvgIpc) is 3.32. The van der Waals surface area contributed by atoms with Crippen molar-refractivity contribution in [2.24, 2.45) is 5.92 Å². The molecule has 2 fully saturated rings. The molecule has 6 N–H and O–H groups in total. The first kappa shape index (κ1) is 52.2. The van der Waals surface area contributed by atoms with Gasteiger partial charge in [-0.3, -0.25) is 9.59 Å². The predicted molar refractivity (Wildman–Crippen MR) is 262 cm³/mol. The zero-order chi connectivity index (χ0) is 51.7. The van der Waals surface area contributed by atoms with E-state index in [-0.39, 0.29) is 34.7 Å². The second kappa shape index (κ2) is 21.0. The fourth-order valence-electron chi connectivity index (χ4n) is 8.69. The molecule has 2 saturated heterocycles. The molecule has 5 heterocycles. The van der Waals surface area contributed by atoms with Crippen LogP contribution in [0.2, 0.25) is 0 Å². The molecule has 18 nitrogen and oxygen atoms in total. The number of aryl methyl sites for hydroxylation is 2. The standard InChI is InChI=1S/C20H25NO8.C20H25NO7.C13H10O/c1-9-13(27-19-15(24)14(23)17(26-5)20(3,4)29-19)7-6-11-8-12(21-10(2)22)18(25)28-16(9)11;1-9-14(26-19-16(24)15(23)10(2)20(4,5)28-19)7-6-12-8-13(21-11(3)22)18(25)27-17(9)12;1-2-6-11-10(5-1)9-14-13-8-4-3-7-12(11)13/h6-8,14-15,17,19,23-24H,1-5H3,(H,21,22);6-8,10,15-16,19,23-24H,1-5H3,(H,21,22);1-8H,9H2/t14-,15+,17-,19?;10-,15+,16+,19?;/m11./s1. The Labute approximate surface area is 409 Å². The van der Waals surface area contributed by atoms with E-state index in [2.05, 4.69) is 41.0 Å². The largest absolute Gasteiger partial charge is 0.488 e. The molecular weight excluding hydrogens is 921 g/mol. The van der Waals surface area contributed by atoms with E-state index >= 15 is 0 Å². The summed E-state index contributed by atoms with van der Waals surface area (Å²) >= 11 is 0. The summed E-state index contributed by atoms with van der Waals surface area (Å²) in [7, 11) is 1.43. The number of aliphatic hydroxyl groups excluding tert-OH is 4. The van der Waals surface area contributed by atoms with E-state index in [0.717, 1.165) is 5.75 Å². The summed E-state index contributed by atoms with van der Waals surface area (Å²) < 4.78 is 44.9. The maximum absolute atomic E-state index is 12.1. The first-order chi connectivity index (χ1) is 33.5. The molecule has 378 valence electrons. The first-order valence-corrected chi connectivity index (χ1v) is 23.0. The highest BCUT2D eigenvalue weighted by molar-refractivity contribution is 5.93. The first-order valence-electron chi connectivity index (χ1n) is 23.0. The van der Waals surface area contributed by atoms with Gasteiger partial charge in [0.1, 0.15) is 70.8 Å². The molecule has 0 spiro atoms. The summed E-state index contributed by atoms with van der Waals surface area (Å²) in [4.78, 5) is 46.7. The van der Waals surface area contributed by atoms with Gasteiger partial charge < -0.3 is 68.3 Å². The lowest BCUT2D eigenvalue weighted by atomic mass is 9.82. The van der Waals surface area contributed by atoms with Crippen molar-refractivity contribution in [3.8, 4) is 28.4 Å². The summed E-state index contributed by atoms with van der Waals surface area (Å²) in [5.41, 5.74) is 2.50. The minimum absolute atomic E-state index is 0.0413. The van der Waals surface area contributed by atoms with Crippen LogP contribution < -0.4 is 36.1 Å². The molecule has 18 heteroatoms. The van der Waals surface area contributed by atoms with Crippen LogP contribution in [0.25, 0.3) is 33.1 Å². The fraction of sp³-hybridized carbons (Fsp3) is 0.396. The number of anilines is 2. The molecule has 6 aromatic rings. The van der Waals surface area contributed by atoms with Crippen molar-refractivity contribution in [3.63, 3.8) is 0 Å². The van der Waals surface area contributed by atoms with Crippen LogP contribution in [-0.2, 0) is 30.4 Å². The lowest BCUT2D eigenvalue weighted by Crippen LogP contribution is -2.63. The Hall–Kier alpha value is -6.64. The molecule has 3 aliphatic heterocycles. The number of methoxy groups -OCH3 is 1. The van der Waals surface area contributed by atoms with Crippen molar-refractivity contribution >= 4 is 45.1 Å². The number of rotatable bonds is 7. The van der Waals surface area contributed by atoms with Crippen LogP contribution in [0.4, 0.5) is 11.4 Å². The molecule has 0 radical (unpaired) electrons. The van der Waals surface area contributed by atoms with Crippen molar-refractivity contribution < 1.29 is 67.3 Å². The van der Waals surface area contributed by atoms with Gasteiger partial charge in [-0.05, 0) is 95.1 Å². The third-order valence-corrected chi connectivity index (χ3v) is 12.8. The molecule has 0 bridgehead atoms. The monoisotopic (exact) mass is 980 g/mol. The number of hydrogen-bond acceptors (Lipinski definition) is 16. The fourth-order valence-corrected chi connectivity index (χ4v) is 8.69. The zero-order valence-corrected chi connectivity index (χ0v) is 41.1. The smallest absolute Gasteiger partial charge is 0.360 e. The molecule has 3 aliphatic rings. The molecular formula is C53H60N2O16. The molecule has 0 saturated carbocycles. The summed E-state index contributed by atoms with van der Waals surface area (Å²) in [6.07, 6.45) is -7.78. The highest BCUT2D eigenvalue weighted by atomic mass is 16.7. The Morgan fingerprint density at radius 2 is 1.10 bits per heavy atom. The van der Waals surface area contributed by atoms with Gasteiger partial charge in [0, 0.05) is 54.3 Å². The van der Waals surface area contributed by atoms with Crippen LogP contribution in [0.5, 0.6) is 17.2 Å². The van der Waals surface area contributed by atoms with Crippen molar-refractivity contribution in [1.29, 1.82) is 0 Å². The minimum atomic E-state index is -1.35. The lowest BCUT2D eigenvalue weighted by molar-refractivity contribution is -0.306. The minimum Gasteiger partial charge on any atom is -0.488 e. The van der Waals surface area contributed by atoms with Crippen LogP contribution in [0, 0.1) is 19.8 Å². The number of carbonyl (C=O) groups excluding carboxylic acids is 2. The molecule has 8 atom stereocenters. The van der Waals surface area contributed by atoms with Gasteiger partial charge in [-0.15, -0.1) is 0 Å². The number of para-hydroxylation sites is 1. The van der Waals surface area contributed by atoms with Gasteiger partial charge in [-0.2, -0.15) is 0 Å². The van der Waals surface area contributed by atoms with Gasteiger partial charge in [0.05, 0.1) is 17.3 Å². The van der Waals surface area contributed by atoms with Crippen LogP contribution in [0.15, 0.2) is 103 Å². The highest BCUT2D eigenvalue weighted by Crippen LogP contribution is 2.39. The van der Waals surface area contributed by atoms with E-state index in [9.17, 15) is 39.6 Å². The maximum Gasteiger partial charge on any atom is 0.360 e. The normalized spacial score (nSPS) is 23.8. The molecule has 2 aromatic heterocycles. The maximum atomic E-state index is 12.1. The van der Waals surface area contributed by atoms with E-state index in [0.29, 0.717) is 45.6 Å².